The van der Waals surface area contributed by atoms with Crippen LogP contribution in [-0.4, -0.2) is 52.5 Å². The lowest BCUT2D eigenvalue weighted by molar-refractivity contribution is 0.102. The van der Waals surface area contributed by atoms with Crippen molar-refractivity contribution in [3.05, 3.63) is 59.0 Å². The van der Waals surface area contributed by atoms with Gasteiger partial charge in [0.2, 0.25) is 10.0 Å². The van der Waals surface area contributed by atoms with Crippen LogP contribution in [0.4, 0.5) is 5.82 Å². The Balaban J connectivity index is 1.89. The van der Waals surface area contributed by atoms with E-state index in [0.29, 0.717) is 23.0 Å². The predicted molar refractivity (Wildman–Crippen MR) is 109 cm³/mol. The van der Waals surface area contributed by atoms with Gasteiger partial charge in [-0.25, -0.2) is 22.7 Å². The number of hydrogen-bond acceptors (Lipinski definition) is 6. The Hall–Kier alpha value is -3.11. The highest BCUT2D eigenvalue weighted by atomic mass is 32.2. The largest absolute Gasteiger partial charge is 0.306 e. The van der Waals surface area contributed by atoms with Gasteiger partial charge >= 0.3 is 0 Å². The van der Waals surface area contributed by atoms with E-state index in [-0.39, 0.29) is 4.90 Å². The lowest BCUT2D eigenvalue weighted by Gasteiger charge is -2.12. The fourth-order valence-corrected chi connectivity index (χ4v) is 3.62. The van der Waals surface area contributed by atoms with Crippen molar-refractivity contribution in [3.8, 4) is 5.95 Å². The van der Waals surface area contributed by atoms with E-state index in [1.165, 1.54) is 43.0 Å². The molecule has 0 spiro atoms. The fraction of sp³-hybridized carbons (Fsp3) is 0.263. The molecule has 2 aromatic heterocycles. The summed E-state index contributed by atoms with van der Waals surface area (Å²) in [4.78, 5) is 21.6. The molecule has 0 aliphatic rings. The second kappa shape index (κ2) is 7.72. The van der Waals surface area contributed by atoms with E-state index in [0.717, 1.165) is 15.7 Å². The molecule has 0 aliphatic heterocycles. The summed E-state index contributed by atoms with van der Waals surface area (Å²) in [5, 5.41) is 7.16. The van der Waals surface area contributed by atoms with Crippen molar-refractivity contribution >= 4 is 21.7 Å². The number of carbonyl (C=O) groups is 1. The van der Waals surface area contributed by atoms with E-state index >= 15 is 0 Å². The number of rotatable bonds is 5. The van der Waals surface area contributed by atoms with Gasteiger partial charge in [-0.2, -0.15) is 9.78 Å². The van der Waals surface area contributed by atoms with Gasteiger partial charge in [-0.05, 0) is 51.1 Å². The Labute approximate surface area is 169 Å². The van der Waals surface area contributed by atoms with Crippen molar-refractivity contribution in [1.82, 2.24) is 24.1 Å². The molecule has 29 heavy (non-hydrogen) atoms. The predicted octanol–water partition coefficient (Wildman–Crippen LogP) is 2.09. The van der Waals surface area contributed by atoms with Crippen molar-refractivity contribution in [2.45, 2.75) is 25.7 Å². The molecule has 0 aliphatic carbocycles. The number of sulfonamides is 1. The van der Waals surface area contributed by atoms with Crippen LogP contribution in [0, 0.1) is 20.8 Å². The van der Waals surface area contributed by atoms with Gasteiger partial charge in [0.25, 0.3) is 11.9 Å². The summed E-state index contributed by atoms with van der Waals surface area (Å²) < 4.78 is 26.9. The molecular formula is C19H22N6O3S. The number of carbonyl (C=O) groups excluding carboxylic acids is 1. The first-order chi connectivity index (χ1) is 13.6. The normalized spacial score (nSPS) is 11.7. The Morgan fingerprint density at radius 2 is 1.55 bits per heavy atom. The maximum Gasteiger partial charge on any atom is 0.256 e. The van der Waals surface area contributed by atoms with Crippen molar-refractivity contribution in [2.75, 3.05) is 19.4 Å². The summed E-state index contributed by atoms with van der Waals surface area (Å²) in [7, 11) is -0.649. The number of nitrogens with zero attached hydrogens (tertiary/aromatic N) is 5. The molecule has 152 valence electrons. The molecule has 1 amide bonds. The fourth-order valence-electron chi connectivity index (χ4n) is 2.72. The average molecular weight is 414 g/mol. The number of aromatic nitrogens is 4. The summed E-state index contributed by atoms with van der Waals surface area (Å²) in [5.74, 6) is 0.380. The number of amides is 1. The summed E-state index contributed by atoms with van der Waals surface area (Å²) in [6.45, 7) is 5.52. The van der Waals surface area contributed by atoms with Crippen LogP contribution in [0.3, 0.4) is 0 Å². The molecule has 0 bridgehead atoms. The summed E-state index contributed by atoms with van der Waals surface area (Å²) in [5.41, 5.74) is 2.58. The molecule has 1 N–H and O–H groups in total. The Morgan fingerprint density at radius 1 is 0.966 bits per heavy atom. The minimum atomic E-state index is -3.55. The first-order valence-electron chi connectivity index (χ1n) is 8.81. The standard InChI is InChI=1S/C19H22N6O3S/c1-12-10-13(2)21-19(20-12)25-17(11-14(3)23-25)22-18(26)15-6-8-16(9-7-15)29(27,28)24(4)5/h6-11H,1-5H3,(H,22,26). The van der Waals surface area contributed by atoms with E-state index < -0.39 is 15.9 Å². The minimum absolute atomic E-state index is 0.114. The third-order valence-corrected chi connectivity index (χ3v) is 5.96. The molecule has 0 fully saturated rings. The summed E-state index contributed by atoms with van der Waals surface area (Å²) in [6, 6.07) is 9.30. The molecule has 3 rings (SSSR count). The van der Waals surface area contributed by atoms with Gasteiger partial charge in [0.05, 0.1) is 10.6 Å². The number of hydrogen-bond donors (Lipinski definition) is 1. The Kier molecular flexibility index (Phi) is 5.49. The lowest BCUT2D eigenvalue weighted by Crippen LogP contribution is -2.22. The van der Waals surface area contributed by atoms with Gasteiger partial charge in [0.1, 0.15) is 5.82 Å². The van der Waals surface area contributed by atoms with Crippen LogP contribution in [0.25, 0.3) is 5.95 Å². The molecule has 0 unspecified atom stereocenters. The molecule has 0 radical (unpaired) electrons. The number of aryl methyl sites for hydroxylation is 3. The van der Waals surface area contributed by atoms with Gasteiger partial charge in [-0.1, -0.05) is 0 Å². The first kappa shape index (κ1) is 20.6. The summed E-state index contributed by atoms with van der Waals surface area (Å²) in [6.07, 6.45) is 0. The zero-order chi connectivity index (χ0) is 21.3. The van der Waals surface area contributed by atoms with Crippen LogP contribution in [0.1, 0.15) is 27.4 Å². The van der Waals surface area contributed by atoms with Gasteiger partial charge in [-0.3, -0.25) is 4.79 Å². The van der Waals surface area contributed by atoms with E-state index in [1.807, 2.05) is 19.9 Å². The highest BCUT2D eigenvalue weighted by Gasteiger charge is 2.19. The monoisotopic (exact) mass is 414 g/mol. The molecule has 3 aromatic rings. The average Bonchev–Trinajstić information content (AvgIpc) is 3.01. The van der Waals surface area contributed by atoms with Crippen LogP contribution in [0.15, 0.2) is 41.3 Å². The van der Waals surface area contributed by atoms with Gasteiger partial charge < -0.3 is 5.32 Å². The Morgan fingerprint density at radius 3 is 2.10 bits per heavy atom. The van der Waals surface area contributed by atoms with Crippen LogP contribution in [0.2, 0.25) is 0 Å². The number of benzene rings is 1. The number of anilines is 1. The topological polar surface area (TPSA) is 110 Å². The zero-order valence-electron chi connectivity index (χ0n) is 16.8. The van der Waals surface area contributed by atoms with E-state index in [2.05, 4.69) is 20.4 Å². The molecule has 1 aromatic carbocycles. The van der Waals surface area contributed by atoms with Crippen molar-refractivity contribution in [3.63, 3.8) is 0 Å². The van der Waals surface area contributed by atoms with Crippen LogP contribution in [-0.2, 0) is 10.0 Å². The highest BCUT2D eigenvalue weighted by molar-refractivity contribution is 7.89. The quantitative estimate of drug-likeness (QED) is 0.684. The highest BCUT2D eigenvalue weighted by Crippen LogP contribution is 2.18. The molecule has 0 saturated heterocycles. The smallest absolute Gasteiger partial charge is 0.256 e. The first-order valence-corrected chi connectivity index (χ1v) is 10.2. The van der Waals surface area contributed by atoms with E-state index in [1.54, 1.807) is 13.0 Å². The van der Waals surface area contributed by atoms with Crippen LogP contribution >= 0.6 is 0 Å². The van der Waals surface area contributed by atoms with Crippen LogP contribution in [0.5, 0.6) is 0 Å². The van der Waals surface area contributed by atoms with Gasteiger partial charge in [0, 0.05) is 37.1 Å². The third-order valence-electron chi connectivity index (χ3n) is 4.13. The molecule has 2 heterocycles. The molecule has 10 heteroatoms. The van der Waals surface area contributed by atoms with Crippen molar-refractivity contribution < 1.29 is 13.2 Å². The molecule has 0 saturated carbocycles. The molecular weight excluding hydrogens is 392 g/mol. The van der Waals surface area contributed by atoms with Crippen molar-refractivity contribution in [1.29, 1.82) is 0 Å². The van der Waals surface area contributed by atoms with Gasteiger partial charge in [-0.15, -0.1) is 0 Å². The lowest BCUT2D eigenvalue weighted by atomic mass is 10.2. The maximum absolute atomic E-state index is 12.7. The third kappa shape index (κ3) is 4.33. The zero-order valence-corrected chi connectivity index (χ0v) is 17.6. The minimum Gasteiger partial charge on any atom is -0.306 e. The second-order valence-corrected chi connectivity index (χ2v) is 8.95. The number of nitrogens with one attached hydrogen (secondary N) is 1. The molecule has 0 atom stereocenters. The van der Waals surface area contributed by atoms with Gasteiger partial charge in [0.15, 0.2) is 0 Å². The van der Waals surface area contributed by atoms with E-state index in [9.17, 15) is 13.2 Å². The molecule has 9 nitrogen and oxygen atoms in total. The maximum atomic E-state index is 12.7. The van der Waals surface area contributed by atoms with E-state index in [4.69, 9.17) is 0 Å². The SMILES string of the molecule is Cc1cc(C)nc(-n2nc(C)cc2NC(=O)c2ccc(S(=O)(=O)N(C)C)cc2)n1. The summed E-state index contributed by atoms with van der Waals surface area (Å²) >= 11 is 0. The Bertz CT molecular complexity index is 1150. The van der Waals surface area contributed by atoms with Crippen LogP contribution < -0.4 is 5.32 Å². The van der Waals surface area contributed by atoms with Crippen molar-refractivity contribution in [2.24, 2.45) is 0 Å². The second-order valence-electron chi connectivity index (χ2n) is 6.80.